The maximum Gasteiger partial charge on any atom is 0.124 e. The van der Waals surface area contributed by atoms with Gasteiger partial charge in [0.1, 0.15) is 11.9 Å². The van der Waals surface area contributed by atoms with Gasteiger partial charge in [-0.2, -0.15) is 0 Å². The molecule has 1 aromatic carbocycles. The maximum absolute atomic E-state index is 6.27. The van der Waals surface area contributed by atoms with Crippen LogP contribution in [0.25, 0.3) is 0 Å². The zero-order valence-electron chi connectivity index (χ0n) is 12.7. The average Bonchev–Trinajstić information content (AvgIpc) is 2.48. The Morgan fingerprint density at radius 1 is 1.24 bits per heavy atom. The second-order valence-electron chi connectivity index (χ2n) is 6.20. The van der Waals surface area contributed by atoms with Crippen LogP contribution in [0.1, 0.15) is 44.2 Å². The topological polar surface area (TPSA) is 53.7 Å². The molecule has 0 aliphatic carbocycles. The molecule has 0 bridgehead atoms. The van der Waals surface area contributed by atoms with E-state index < -0.39 is 0 Å². The highest BCUT2D eigenvalue weighted by molar-refractivity contribution is 5.35. The summed E-state index contributed by atoms with van der Waals surface area (Å²) in [6.45, 7) is 4.35. The zero-order chi connectivity index (χ0) is 14.7. The normalized spacial score (nSPS) is 26.5. The van der Waals surface area contributed by atoms with Crippen LogP contribution in [0.15, 0.2) is 24.3 Å². The first kappa shape index (κ1) is 14.8. The number of nitrogens with two attached hydrogens (primary N) is 1. The highest BCUT2D eigenvalue weighted by Crippen LogP contribution is 2.36. The Balaban J connectivity index is 1.70. The van der Waals surface area contributed by atoms with Crippen molar-refractivity contribution in [3.8, 4) is 5.75 Å². The Kier molecular flexibility index (Phi) is 4.48. The van der Waals surface area contributed by atoms with Crippen LogP contribution in [-0.2, 0) is 9.47 Å². The standard InChI is InChI=1S/C17H25NO3/c1-13(18)15-4-2-3-5-16(15)21-14-6-9-20-17(12-14)7-10-19-11-8-17/h2-5,13-14H,6-12,18H2,1H3. The van der Waals surface area contributed by atoms with E-state index in [4.69, 9.17) is 19.9 Å². The van der Waals surface area contributed by atoms with Gasteiger partial charge in [-0.25, -0.2) is 0 Å². The van der Waals surface area contributed by atoms with Crippen molar-refractivity contribution in [3.05, 3.63) is 29.8 Å². The summed E-state index contributed by atoms with van der Waals surface area (Å²) in [7, 11) is 0. The molecule has 2 aliphatic heterocycles. The van der Waals surface area contributed by atoms with Crippen molar-refractivity contribution in [2.75, 3.05) is 19.8 Å². The van der Waals surface area contributed by atoms with Crippen LogP contribution in [0, 0.1) is 0 Å². The summed E-state index contributed by atoms with van der Waals surface area (Å²) in [5.74, 6) is 0.918. The smallest absolute Gasteiger partial charge is 0.124 e. The first-order valence-corrected chi connectivity index (χ1v) is 7.91. The molecule has 1 aromatic rings. The third-order valence-electron chi connectivity index (χ3n) is 4.55. The van der Waals surface area contributed by atoms with Gasteiger partial charge in [-0.05, 0) is 25.8 Å². The molecule has 3 rings (SSSR count). The lowest BCUT2D eigenvalue weighted by atomic mass is 9.85. The molecule has 0 aromatic heterocycles. The van der Waals surface area contributed by atoms with Crippen LogP contribution in [0.5, 0.6) is 5.75 Å². The molecule has 2 heterocycles. The molecular formula is C17H25NO3. The lowest BCUT2D eigenvalue weighted by molar-refractivity contribution is -0.155. The van der Waals surface area contributed by atoms with Gasteiger partial charge in [0.2, 0.25) is 0 Å². The monoisotopic (exact) mass is 291 g/mol. The van der Waals surface area contributed by atoms with Gasteiger partial charge in [0.05, 0.1) is 12.2 Å². The molecular weight excluding hydrogens is 266 g/mol. The number of para-hydroxylation sites is 1. The van der Waals surface area contributed by atoms with Crippen molar-refractivity contribution in [1.82, 2.24) is 0 Å². The second-order valence-corrected chi connectivity index (χ2v) is 6.20. The zero-order valence-corrected chi connectivity index (χ0v) is 12.7. The van der Waals surface area contributed by atoms with Crippen LogP contribution < -0.4 is 10.5 Å². The average molecular weight is 291 g/mol. The fourth-order valence-corrected chi connectivity index (χ4v) is 3.32. The van der Waals surface area contributed by atoms with Crippen molar-refractivity contribution in [2.24, 2.45) is 5.73 Å². The molecule has 1 spiro atoms. The minimum Gasteiger partial charge on any atom is -0.490 e. The van der Waals surface area contributed by atoms with Crippen molar-refractivity contribution >= 4 is 0 Å². The van der Waals surface area contributed by atoms with Gasteiger partial charge in [-0.3, -0.25) is 0 Å². The van der Waals surface area contributed by atoms with E-state index in [1.165, 1.54) is 0 Å². The van der Waals surface area contributed by atoms with Gasteiger partial charge < -0.3 is 19.9 Å². The highest BCUT2D eigenvalue weighted by atomic mass is 16.5. The largest absolute Gasteiger partial charge is 0.490 e. The molecule has 2 aliphatic rings. The van der Waals surface area contributed by atoms with Gasteiger partial charge in [-0.1, -0.05) is 18.2 Å². The Morgan fingerprint density at radius 2 is 2.00 bits per heavy atom. The van der Waals surface area contributed by atoms with Crippen LogP contribution in [-0.4, -0.2) is 31.5 Å². The van der Waals surface area contributed by atoms with Crippen molar-refractivity contribution in [3.63, 3.8) is 0 Å². The van der Waals surface area contributed by atoms with E-state index in [-0.39, 0.29) is 17.7 Å². The summed E-state index contributed by atoms with van der Waals surface area (Å²) in [5.41, 5.74) is 7.07. The minimum atomic E-state index is -0.0373. The highest BCUT2D eigenvalue weighted by Gasteiger charge is 2.40. The summed E-state index contributed by atoms with van der Waals surface area (Å²) < 4.78 is 17.8. The van der Waals surface area contributed by atoms with Crippen LogP contribution in [0.2, 0.25) is 0 Å². The molecule has 2 atom stereocenters. The van der Waals surface area contributed by atoms with Gasteiger partial charge in [0.15, 0.2) is 0 Å². The fourth-order valence-electron chi connectivity index (χ4n) is 3.32. The number of hydrogen-bond acceptors (Lipinski definition) is 4. The van der Waals surface area contributed by atoms with Crippen LogP contribution in [0.3, 0.4) is 0 Å². The first-order chi connectivity index (χ1) is 10.2. The van der Waals surface area contributed by atoms with Gasteiger partial charge in [0.25, 0.3) is 0 Å². The summed E-state index contributed by atoms with van der Waals surface area (Å²) in [5, 5.41) is 0. The van der Waals surface area contributed by atoms with Gasteiger partial charge >= 0.3 is 0 Å². The van der Waals surface area contributed by atoms with E-state index in [0.29, 0.717) is 0 Å². The lowest BCUT2D eigenvalue weighted by Crippen LogP contribution is -2.47. The summed E-state index contributed by atoms with van der Waals surface area (Å²) in [6, 6.07) is 8.06. The maximum atomic E-state index is 6.27. The Morgan fingerprint density at radius 3 is 2.76 bits per heavy atom. The van der Waals surface area contributed by atoms with E-state index in [1.807, 2.05) is 31.2 Å². The summed E-state index contributed by atoms with van der Waals surface area (Å²) in [6.07, 6.45) is 4.04. The van der Waals surface area contributed by atoms with Crippen molar-refractivity contribution in [1.29, 1.82) is 0 Å². The van der Waals surface area contributed by atoms with Gasteiger partial charge in [-0.15, -0.1) is 0 Å². The molecule has 0 radical (unpaired) electrons. The summed E-state index contributed by atoms with van der Waals surface area (Å²) in [4.78, 5) is 0. The van der Waals surface area contributed by atoms with Gasteiger partial charge in [0, 0.05) is 37.7 Å². The molecule has 116 valence electrons. The van der Waals surface area contributed by atoms with E-state index in [2.05, 4.69) is 0 Å². The predicted molar refractivity (Wildman–Crippen MR) is 81.4 cm³/mol. The first-order valence-electron chi connectivity index (χ1n) is 7.91. The quantitative estimate of drug-likeness (QED) is 0.930. The molecule has 0 saturated carbocycles. The Bertz CT molecular complexity index is 463. The lowest BCUT2D eigenvalue weighted by Gasteiger charge is -2.43. The molecule has 0 amide bonds. The molecule has 2 N–H and O–H groups in total. The van der Waals surface area contributed by atoms with Crippen LogP contribution >= 0.6 is 0 Å². The molecule has 4 heteroatoms. The fraction of sp³-hybridized carbons (Fsp3) is 0.647. The minimum absolute atomic E-state index is 0.0157. The molecule has 2 saturated heterocycles. The van der Waals surface area contributed by atoms with Crippen LogP contribution in [0.4, 0.5) is 0 Å². The number of rotatable bonds is 3. The third-order valence-corrected chi connectivity index (χ3v) is 4.55. The molecule has 2 unspecified atom stereocenters. The second kappa shape index (κ2) is 6.34. The number of hydrogen-bond donors (Lipinski definition) is 1. The van der Waals surface area contributed by atoms with Crippen molar-refractivity contribution < 1.29 is 14.2 Å². The van der Waals surface area contributed by atoms with E-state index >= 15 is 0 Å². The summed E-state index contributed by atoms with van der Waals surface area (Å²) >= 11 is 0. The van der Waals surface area contributed by atoms with E-state index in [9.17, 15) is 0 Å². The van der Waals surface area contributed by atoms with E-state index in [1.54, 1.807) is 0 Å². The molecule has 2 fully saturated rings. The Labute approximate surface area is 126 Å². The molecule has 4 nitrogen and oxygen atoms in total. The number of benzene rings is 1. The molecule has 21 heavy (non-hydrogen) atoms. The van der Waals surface area contributed by atoms with E-state index in [0.717, 1.165) is 56.8 Å². The number of ether oxygens (including phenoxy) is 3. The predicted octanol–water partition coefficient (Wildman–Crippen LogP) is 2.81. The van der Waals surface area contributed by atoms with Crippen molar-refractivity contribution in [2.45, 2.75) is 50.4 Å². The Hall–Kier alpha value is -1.10. The third kappa shape index (κ3) is 3.39. The SMILES string of the molecule is CC(N)c1ccccc1OC1CCOC2(CCOCC2)C1.